The van der Waals surface area contributed by atoms with Gasteiger partial charge in [-0.05, 0) is 60.4 Å². The maximum atomic E-state index is 13.2. The highest BCUT2D eigenvalue weighted by molar-refractivity contribution is 8.00. The minimum absolute atomic E-state index is 0.0195. The lowest BCUT2D eigenvalue weighted by atomic mass is 9.64. The SMILES string of the molecule is CC[C@@H]1[C@@H]2C(=O)C[C@H]3[C@H](C=C[C@@]3(CO[Si](C)(C)C(C)(C)C)SC)[C@@H]2C[C@@H]1C. The number of Topliss-reactive ketones (excluding diaryl/α,β-unsaturated/α-hetero) is 1. The maximum Gasteiger partial charge on any atom is 0.192 e. The van der Waals surface area contributed by atoms with E-state index in [0.717, 1.165) is 19.4 Å². The molecular weight excluding hydrogens is 368 g/mol. The molecule has 2 fully saturated rings. The first kappa shape index (κ1) is 21.6. The van der Waals surface area contributed by atoms with Crippen LogP contribution < -0.4 is 0 Å². The van der Waals surface area contributed by atoms with E-state index in [0.29, 0.717) is 41.3 Å². The Morgan fingerprint density at radius 2 is 2.00 bits per heavy atom. The van der Waals surface area contributed by atoms with E-state index >= 15 is 0 Å². The van der Waals surface area contributed by atoms with Crippen LogP contribution in [-0.4, -0.2) is 31.7 Å². The lowest BCUT2D eigenvalue weighted by molar-refractivity contribution is -0.131. The normalized spacial score (nSPS) is 41.7. The molecule has 0 aromatic rings. The van der Waals surface area contributed by atoms with Gasteiger partial charge in [0.2, 0.25) is 0 Å². The van der Waals surface area contributed by atoms with Gasteiger partial charge in [-0.3, -0.25) is 4.79 Å². The summed E-state index contributed by atoms with van der Waals surface area (Å²) in [6.45, 7) is 17.0. The van der Waals surface area contributed by atoms with Gasteiger partial charge in [0.1, 0.15) is 5.78 Å². The number of thioether (sulfide) groups is 1. The van der Waals surface area contributed by atoms with Crippen LogP contribution in [0.2, 0.25) is 18.1 Å². The number of carbonyl (C=O) groups excluding carboxylic acids is 1. The smallest absolute Gasteiger partial charge is 0.192 e. The van der Waals surface area contributed by atoms with Crippen LogP contribution in [-0.2, 0) is 9.22 Å². The number of hydrogen-bond donors (Lipinski definition) is 0. The van der Waals surface area contributed by atoms with Crippen LogP contribution in [0, 0.1) is 35.5 Å². The highest BCUT2D eigenvalue weighted by Gasteiger charge is 2.58. The first-order valence-corrected chi connectivity index (χ1v) is 15.0. The minimum atomic E-state index is -1.80. The molecule has 3 aliphatic carbocycles. The standard InChI is InChI=1S/C23H40O2SSi/c1-9-16-15(2)12-18-17-10-11-23(26-6,19(17)13-20(24)21(16)18)14-25-27(7,8)22(3,4)5/h10-11,15-19,21H,9,12-14H2,1-8H3/t15-,16-,17+,18-,19-,21-,23-/m0/s1. The Morgan fingerprint density at radius 1 is 1.33 bits per heavy atom. The van der Waals surface area contributed by atoms with Gasteiger partial charge in [0.05, 0.1) is 11.4 Å². The van der Waals surface area contributed by atoms with Gasteiger partial charge in [0.15, 0.2) is 8.32 Å². The third-order valence-corrected chi connectivity index (χ3v) is 14.4. The number of hydrogen-bond acceptors (Lipinski definition) is 3. The van der Waals surface area contributed by atoms with Crippen molar-refractivity contribution in [1.29, 1.82) is 0 Å². The van der Waals surface area contributed by atoms with Gasteiger partial charge < -0.3 is 4.43 Å². The van der Waals surface area contributed by atoms with Crippen molar-refractivity contribution in [3.05, 3.63) is 12.2 Å². The molecule has 0 aromatic heterocycles. The van der Waals surface area contributed by atoms with E-state index in [2.05, 4.69) is 66.1 Å². The molecule has 0 bridgehead atoms. The summed E-state index contributed by atoms with van der Waals surface area (Å²) in [6, 6.07) is 0. The summed E-state index contributed by atoms with van der Waals surface area (Å²) >= 11 is 1.92. The first-order valence-electron chi connectivity index (χ1n) is 10.9. The fraction of sp³-hybridized carbons (Fsp3) is 0.870. The van der Waals surface area contributed by atoms with Gasteiger partial charge in [0, 0.05) is 12.3 Å². The first-order chi connectivity index (χ1) is 12.5. The van der Waals surface area contributed by atoms with E-state index in [1.54, 1.807) is 0 Å². The number of allylic oxidation sites excluding steroid dienone is 1. The van der Waals surface area contributed by atoms with Crippen LogP contribution >= 0.6 is 11.8 Å². The molecule has 4 heteroatoms. The molecule has 3 aliphatic rings. The second-order valence-electron chi connectivity index (χ2n) is 10.9. The Morgan fingerprint density at radius 3 is 2.56 bits per heavy atom. The van der Waals surface area contributed by atoms with Crippen molar-refractivity contribution in [2.45, 2.75) is 76.8 Å². The van der Waals surface area contributed by atoms with Crippen molar-refractivity contribution >= 4 is 25.9 Å². The molecule has 3 rings (SSSR count). The van der Waals surface area contributed by atoms with E-state index in [-0.39, 0.29) is 9.79 Å². The lowest BCUT2D eigenvalue weighted by Crippen LogP contribution is -2.50. The number of rotatable bonds is 5. The fourth-order valence-electron chi connectivity index (χ4n) is 5.86. The summed E-state index contributed by atoms with van der Waals surface area (Å²) in [5, 5.41) is 0.219. The predicted octanol–water partition coefficient (Wildman–Crippen LogP) is 6.18. The van der Waals surface area contributed by atoms with Crippen LogP contribution in [0.5, 0.6) is 0 Å². The average molecular weight is 409 g/mol. The third kappa shape index (κ3) is 3.52. The minimum Gasteiger partial charge on any atom is -0.415 e. The Hall–Kier alpha value is -0.0631. The molecule has 0 amide bonds. The van der Waals surface area contributed by atoms with Crippen molar-refractivity contribution in [3.63, 3.8) is 0 Å². The van der Waals surface area contributed by atoms with Crippen molar-refractivity contribution in [1.82, 2.24) is 0 Å². The van der Waals surface area contributed by atoms with Crippen molar-refractivity contribution in [3.8, 4) is 0 Å². The number of fused-ring (bicyclic) bond motifs is 3. The molecule has 0 aromatic carbocycles. The Balaban J connectivity index is 1.82. The summed E-state index contributed by atoms with van der Waals surface area (Å²) in [6.07, 6.45) is 10.3. The van der Waals surface area contributed by atoms with Gasteiger partial charge in [0.25, 0.3) is 0 Å². The molecule has 2 saturated carbocycles. The zero-order valence-electron chi connectivity index (χ0n) is 18.7. The second-order valence-corrected chi connectivity index (χ2v) is 16.9. The highest BCUT2D eigenvalue weighted by atomic mass is 32.2. The molecule has 0 unspecified atom stereocenters. The summed E-state index contributed by atoms with van der Waals surface area (Å²) in [7, 11) is -1.80. The lowest BCUT2D eigenvalue weighted by Gasteiger charge is -2.45. The highest BCUT2D eigenvalue weighted by Crippen LogP contribution is 2.59. The summed E-state index contributed by atoms with van der Waals surface area (Å²) in [5.41, 5.74) is 0. The predicted molar refractivity (Wildman–Crippen MR) is 120 cm³/mol. The average Bonchev–Trinajstić information content (AvgIpc) is 3.10. The van der Waals surface area contributed by atoms with Crippen LogP contribution in [0.1, 0.15) is 53.9 Å². The third-order valence-electron chi connectivity index (χ3n) is 8.59. The maximum absolute atomic E-state index is 13.2. The molecule has 154 valence electrons. The molecule has 7 atom stereocenters. The second kappa shape index (κ2) is 7.32. The van der Waals surface area contributed by atoms with Gasteiger partial charge in [-0.1, -0.05) is 53.2 Å². The molecule has 2 nitrogen and oxygen atoms in total. The van der Waals surface area contributed by atoms with Gasteiger partial charge in [-0.15, -0.1) is 0 Å². The Bertz CT molecular complexity index is 608. The van der Waals surface area contributed by atoms with E-state index in [9.17, 15) is 4.79 Å². The van der Waals surface area contributed by atoms with Gasteiger partial charge >= 0.3 is 0 Å². The molecule has 0 aliphatic heterocycles. The van der Waals surface area contributed by atoms with Crippen molar-refractivity contribution in [2.75, 3.05) is 12.9 Å². The zero-order chi connectivity index (χ0) is 20.2. The molecule has 0 heterocycles. The fourth-order valence-corrected chi connectivity index (χ4v) is 7.93. The topological polar surface area (TPSA) is 26.3 Å². The number of ketones is 1. The number of carbonyl (C=O) groups is 1. The van der Waals surface area contributed by atoms with Gasteiger partial charge in [-0.2, -0.15) is 11.8 Å². The molecule has 27 heavy (non-hydrogen) atoms. The van der Waals surface area contributed by atoms with Crippen molar-refractivity contribution in [2.24, 2.45) is 35.5 Å². The summed E-state index contributed by atoms with van der Waals surface area (Å²) in [4.78, 5) is 13.2. The quantitative estimate of drug-likeness (QED) is 0.401. The largest absolute Gasteiger partial charge is 0.415 e. The van der Waals surface area contributed by atoms with Crippen LogP contribution in [0.15, 0.2) is 12.2 Å². The van der Waals surface area contributed by atoms with Crippen LogP contribution in [0.25, 0.3) is 0 Å². The van der Waals surface area contributed by atoms with Crippen LogP contribution in [0.4, 0.5) is 0 Å². The zero-order valence-corrected chi connectivity index (χ0v) is 20.5. The Kier molecular flexibility index (Phi) is 5.87. The summed E-state index contributed by atoms with van der Waals surface area (Å²) in [5.74, 6) is 3.71. The van der Waals surface area contributed by atoms with E-state index in [1.165, 1.54) is 6.42 Å². The van der Waals surface area contributed by atoms with Crippen LogP contribution in [0.3, 0.4) is 0 Å². The summed E-state index contributed by atoms with van der Waals surface area (Å²) < 4.78 is 6.67. The monoisotopic (exact) mass is 408 g/mol. The van der Waals surface area contributed by atoms with E-state index < -0.39 is 8.32 Å². The molecular formula is C23H40O2SSi. The molecule has 0 N–H and O–H groups in total. The van der Waals surface area contributed by atoms with Gasteiger partial charge in [-0.25, -0.2) is 0 Å². The molecule has 0 saturated heterocycles. The van der Waals surface area contributed by atoms with E-state index in [1.807, 2.05) is 11.8 Å². The molecule has 0 spiro atoms. The van der Waals surface area contributed by atoms with E-state index in [4.69, 9.17) is 4.43 Å². The van der Waals surface area contributed by atoms with Crippen molar-refractivity contribution < 1.29 is 9.22 Å². The molecule has 0 radical (unpaired) electrons. The Labute approximate surface area is 172 Å².